The van der Waals surface area contributed by atoms with Gasteiger partial charge in [0.2, 0.25) is 0 Å². The van der Waals surface area contributed by atoms with E-state index in [9.17, 15) is 0 Å². The van der Waals surface area contributed by atoms with E-state index < -0.39 is 0 Å². The summed E-state index contributed by atoms with van der Waals surface area (Å²) in [5, 5.41) is 3.68. The molecular formula is C18H29N3. The summed E-state index contributed by atoms with van der Waals surface area (Å²) in [6.45, 7) is 10.2. The lowest BCUT2D eigenvalue weighted by atomic mass is 10.1. The van der Waals surface area contributed by atoms with E-state index in [0.29, 0.717) is 0 Å². The predicted molar refractivity (Wildman–Crippen MR) is 91.3 cm³/mol. The molecule has 2 fully saturated rings. The van der Waals surface area contributed by atoms with Crippen molar-refractivity contribution in [2.75, 3.05) is 42.5 Å². The molecule has 0 aromatic heterocycles. The van der Waals surface area contributed by atoms with Gasteiger partial charge in [-0.25, -0.2) is 0 Å². The van der Waals surface area contributed by atoms with E-state index in [-0.39, 0.29) is 0 Å². The van der Waals surface area contributed by atoms with Crippen LogP contribution in [-0.4, -0.2) is 38.8 Å². The van der Waals surface area contributed by atoms with Gasteiger partial charge in [-0.3, -0.25) is 0 Å². The predicted octanol–water partition coefficient (Wildman–Crippen LogP) is 3.11. The number of rotatable bonds is 7. The van der Waals surface area contributed by atoms with Crippen LogP contribution in [0, 0.1) is 5.92 Å². The van der Waals surface area contributed by atoms with Crippen molar-refractivity contribution < 1.29 is 0 Å². The van der Waals surface area contributed by atoms with Gasteiger partial charge >= 0.3 is 0 Å². The van der Waals surface area contributed by atoms with Gasteiger partial charge in [0.1, 0.15) is 0 Å². The highest BCUT2D eigenvalue weighted by molar-refractivity contribution is 5.56. The van der Waals surface area contributed by atoms with E-state index in [1.54, 1.807) is 0 Å². The van der Waals surface area contributed by atoms with Gasteiger partial charge in [0, 0.05) is 43.6 Å². The molecule has 0 radical (unpaired) electrons. The number of benzene rings is 1. The SMILES string of the molecule is CCN(CC)c1ccc(N2CCC(CNC3CC3)C2)cc1. The smallest absolute Gasteiger partial charge is 0.0367 e. The van der Waals surface area contributed by atoms with Gasteiger partial charge in [0.05, 0.1) is 0 Å². The van der Waals surface area contributed by atoms with Gasteiger partial charge < -0.3 is 15.1 Å². The van der Waals surface area contributed by atoms with Crippen molar-refractivity contribution in [3.05, 3.63) is 24.3 Å². The second-order valence-corrected chi connectivity index (χ2v) is 6.47. The third kappa shape index (κ3) is 3.70. The molecule has 0 spiro atoms. The number of nitrogens with zero attached hydrogens (tertiary/aromatic N) is 2. The minimum atomic E-state index is 0.827. The summed E-state index contributed by atoms with van der Waals surface area (Å²) >= 11 is 0. The van der Waals surface area contributed by atoms with Crippen LogP contribution in [0.5, 0.6) is 0 Å². The lowest BCUT2D eigenvalue weighted by molar-refractivity contribution is 0.515. The maximum atomic E-state index is 3.68. The summed E-state index contributed by atoms with van der Waals surface area (Å²) in [5.41, 5.74) is 2.73. The summed E-state index contributed by atoms with van der Waals surface area (Å²) in [6.07, 6.45) is 4.12. The molecule has 1 saturated heterocycles. The largest absolute Gasteiger partial charge is 0.372 e. The molecule has 3 rings (SSSR count). The zero-order chi connectivity index (χ0) is 14.7. The molecule has 0 amide bonds. The molecule has 0 bridgehead atoms. The highest BCUT2D eigenvalue weighted by Crippen LogP contribution is 2.27. The van der Waals surface area contributed by atoms with Gasteiger partial charge in [-0.2, -0.15) is 0 Å². The molecule has 21 heavy (non-hydrogen) atoms. The monoisotopic (exact) mass is 287 g/mol. The number of nitrogens with one attached hydrogen (secondary N) is 1. The molecule has 116 valence electrons. The van der Waals surface area contributed by atoms with Gasteiger partial charge in [-0.15, -0.1) is 0 Å². The molecule has 1 aromatic rings. The summed E-state index contributed by atoms with van der Waals surface area (Å²) < 4.78 is 0. The zero-order valence-electron chi connectivity index (χ0n) is 13.5. The van der Waals surface area contributed by atoms with Crippen LogP contribution in [0.2, 0.25) is 0 Å². The van der Waals surface area contributed by atoms with E-state index in [1.165, 1.54) is 50.3 Å². The first-order valence-corrected chi connectivity index (χ1v) is 8.63. The third-order valence-corrected chi connectivity index (χ3v) is 4.90. The van der Waals surface area contributed by atoms with Crippen molar-refractivity contribution in [1.29, 1.82) is 0 Å². The number of hydrogen-bond donors (Lipinski definition) is 1. The quantitative estimate of drug-likeness (QED) is 0.831. The summed E-state index contributed by atoms with van der Waals surface area (Å²) in [4.78, 5) is 4.95. The third-order valence-electron chi connectivity index (χ3n) is 4.90. The van der Waals surface area contributed by atoms with Crippen molar-refractivity contribution in [2.24, 2.45) is 5.92 Å². The molecule has 1 atom stereocenters. The fourth-order valence-electron chi connectivity index (χ4n) is 3.32. The fraction of sp³-hybridized carbons (Fsp3) is 0.667. The number of anilines is 2. The molecular weight excluding hydrogens is 258 g/mol. The molecule has 1 heterocycles. The maximum Gasteiger partial charge on any atom is 0.0367 e. The Kier molecular flexibility index (Phi) is 4.69. The Morgan fingerprint density at radius 2 is 1.81 bits per heavy atom. The summed E-state index contributed by atoms with van der Waals surface area (Å²) in [5.74, 6) is 0.827. The Balaban J connectivity index is 1.54. The summed E-state index contributed by atoms with van der Waals surface area (Å²) in [6, 6.07) is 9.98. The van der Waals surface area contributed by atoms with Crippen LogP contribution in [0.15, 0.2) is 24.3 Å². The van der Waals surface area contributed by atoms with Crippen molar-refractivity contribution >= 4 is 11.4 Å². The second kappa shape index (κ2) is 6.69. The van der Waals surface area contributed by atoms with Crippen molar-refractivity contribution in [3.63, 3.8) is 0 Å². The Labute approximate surface area is 129 Å². The highest BCUT2D eigenvalue weighted by Gasteiger charge is 2.26. The van der Waals surface area contributed by atoms with Gasteiger partial charge in [0.25, 0.3) is 0 Å². The molecule has 1 aromatic carbocycles. The minimum absolute atomic E-state index is 0.827. The Hall–Kier alpha value is -1.22. The standard InChI is InChI=1S/C18H29N3/c1-3-20(4-2)17-7-9-18(10-8-17)21-12-11-15(14-21)13-19-16-5-6-16/h7-10,15-16,19H,3-6,11-14H2,1-2H3. The van der Waals surface area contributed by atoms with E-state index >= 15 is 0 Å². The molecule has 1 unspecified atom stereocenters. The van der Waals surface area contributed by atoms with Crippen LogP contribution < -0.4 is 15.1 Å². The van der Waals surface area contributed by atoms with Crippen molar-refractivity contribution in [3.8, 4) is 0 Å². The van der Waals surface area contributed by atoms with E-state index in [0.717, 1.165) is 25.0 Å². The van der Waals surface area contributed by atoms with Crippen LogP contribution in [0.3, 0.4) is 0 Å². The van der Waals surface area contributed by atoms with Crippen molar-refractivity contribution in [1.82, 2.24) is 5.32 Å². The molecule has 1 aliphatic carbocycles. The summed E-state index contributed by atoms with van der Waals surface area (Å²) in [7, 11) is 0. The van der Waals surface area contributed by atoms with Gasteiger partial charge in [0.15, 0.2) is 0 Å². The minimum Gasteiger partial charge on any atom is -0.372 e. The van der Waals surface area contributed by atoms with Gasteiger partial charge in [-0.1, -0.05) is 0 Å². The first-order chi connectivity index (χ1) is 10.3. The van der Waals surface area contributed by atoms with Gasteiger partial charge in [-0.05, 0) is 69.8 Å². The van der Waals surface area contributed by atoms with Crippen LogP contribution >= 0.6 is 0 Å². The van der Waals surface area contributed by atoms with Crippen LogP contribution in [-0.2, 0) is 0 Å². The van der Waals surface area contributed by atoms with Crippen LogP contribution in [0.25, 0.3) is 0 Å². The van der Waals surface area contributed by atoms with E-state index in [1.807, 2.05) is 0 Å². The second-order valence-electron chi connectivity index (χ2n) is 6.47. The molecule has 3 nitrogen and oxygen atoms in total. The lowest BCUT2D eigenvalue weighted by Gasteiger charge is -2.23. The normalized spacial score (nSPS) is 21.8. The molecule has 2 aliphatic rings. The first kappa shape index (κ1) is 14.7. The molecule has 1 N–H and O–H groups in total. The highest BCUT2D eigenvalue weighted by atomic mass is 15.2. The Morgan fingerprint density at radius 1 is 1.10 bits per heavy atom. The molecule has 3 heteroatoms. The van der Waals surface area contributed by atoms with E-state index in [4.69, 9.17) is 0 Å². The average molecular weight is 287 g/mol. The lowest BCUT2D eigenvalue weighted by Crippen LogP contribution is -2.27. The first-order valence-electron chi connectivity index (χ1n) is 8.63. The Bertz CT molecular complexity index is 434. The zero-order valence-corrected chi connectivity index (χ0v) is 13.5. The topological polar surface area (TPSA) is 18.5 Å². The van der Waals surface area contributed by atoms with Crippen molar-refractivity contribution in [2.45, 2.75) is 39.2 Å². The molecule has 1 aliphatic heterocycles. The van der Waals surface area contributed by atoms with Crippen LogP contribution in [0.4, 0.5) is 11.4 Å². The fourth-order valence-corrected chi connectivity index (χ4v) is 3.32. The number of hydrogen-bond acceptors (Lipinski definition) is 3. The molecule has 1 saturated carbocycles. The Morgan fingerprint density at radius 3 is 2.43 bits per heavy atom. The van der Waals surface area contributed by atoms with E-state index in [2.05, 4.69) is 53.2 Å². The average Bonchev–Trinajstić information content (AvgIpc) is 3.24. The maximum absolute atomic E-state index is 3.68. The van der Waals surface area contributed by atoms with Crippen LogP contribution in [0.1, 0.15) is 33.1 Å².